The van der Waals surface area contributed by atoms with Crippen LogP contribution in [0, 0.1) is 0 Å². The van der Waals surface area contributed by atoms with Crippen molar-refractivity contribution < 1.29 is 4.79 Å². The molecule has 0 spiro atoms. The molecule has 0 aromatic heterocycles. The third-order valence-electron chi connectivity index (χ3n) is 2.68. The number of carbonyl (C=O) groups is 1. The molecule has 0 aliphatic heterocycles. The van der Waals surface area contributed by atoms with Crippen molar-refractivity contribution in [2.24, 2.45) is 0 Å². The SMILES string of the molecule is CCC(Cl)C(=O)c1ccc2ccccc2c1. The van der Waals surface area contributed by atoms with Gasteiger partial charge in [0.25, 0.3) is 0 Å². The normalized spacial score (nSPS) is 12.6. The first-order valence-electron chi connectivity index (χ1n) is 5.39. The molecule has 0 saturated heterocycles. The molecule has 1 atom stereocenters. The fourth-order valence-corrected chi connectivity index (χ4v) is 1.83. The molecule has 2 aromatic rings. The van der Waals surface area contributed by atoms with Crippen LogP contribution >= 0.6 is 11.6 Å². The van der Waals surface area contributed by atoms with Crippen molar-refractivity contribution in [2.45, 2.75) is 18.7 Å². The predicted octanol–water partition coefficient (Wildman–Crippen LogP) is 4.04. The Morgan fingerprint density at radius 3 is 2.56 bits per heavy atom. The maximum absolute atomic E-state index is 11.9. The number of ketones is 1. The number of Topliss-reactive ketones (excluding diaryl/α,β-unsaturated/α-hetero) is 1. The van der Waals surface area contributed by atoms with Crippen molar-refractivity contribution in [1.82, 2.24) is 0 Å². The number of alkyl halides is 1. The standard InChI is InChI=1S/C14H13ClO/c1-2-13(15)14(16)12-8-7-10-5-3-4-6-11(10)9-12/h3-9,13H,2H2,1H3. The van der Waals surface area contributed by atoms with Crippen LogP contribution in [0.5, 0.6) is 0 Å². The lowest BCUT2D eigenvalue weighted by molar-refractivity contribution is 0.0986. The van der Waals surface area contributed by atoms with Gasteiger partial charge in [-0.25, -0.2) is 0 Å². The molecule has 1 unspecified atom stereocenters. The van der Waals surface area contributed by atoms with Gasteiger partial charge in [0.1, 0.15) is 0 Å². The van der Waals surface area contributed by atoms with E-state index >= 15 is 0 Å². The van der Waals surface area contributed by atoms with Crippen LogP contribution in [0.4, 0.5) is 0 Å². The van der Waals surface area contributed by atoms with E-state index in [0.717, 1.165) is 10.8 Å². The van der Waals surface area contributed by atoms with Gasteiger partial charge in [-0.05, 0) is 23.3 Å². The molecular formula is C14H13ClO. The van der Waals surface area contributed by atoms with Gasteiger partial charge in [-0.1, -0.05) is 43.3 Å². The van der Waals surface area contributed by atoms with E-state index in [0.29, 0.717) is 12.0 Å². The van der Waals surface area contributed by atoms with Crippen LogP contribution in [-0.4, -0.2) is 11.2 Å². The Labute approximate surface area is 100 Å². The highest BCUT2D eigenvalue weighted by molar-refractivity contribution is 6.34. The molecule has 0 aliphatic rings. The average molecular weight is 233 g/mol. The number of hydrogen-bond acceptors (Lipinski definition) is 1. The molecule has 0 N–H and O–H groups in total. The van der Waals surface area contributed by atoms with Gasteiger partial charge in [0.05, 0.1) is 5.38 Å². The summed E-state index contributed by atoms with van der Waals surface area (Å²) < 4.78 is 0. The zero-order valence-electron chi connectivity index (χ0n) is 9.11. The highest BCUT2D eigenvalue weighted by atomic mass is 35.5. The zero-order valence-corrected chi connectivity index (χ0v) is 9.87. The molecular weight excluding hydrogens is 220 g/mol. The largest absolute Gasteiger partial charge is 0.293 e. The van der Waals surface area contributed by atoms with Crippen LogP contribution in [0.2, 0.25) is 0 Å². The maximum atomic E-state index is 11.9. The quantitative estimate of drug-likeness (QED) is 0.577. The van der Waals surface area contributed by atoms with E-state index in [1.807, 2.05) is 49.4 Å². The summed E-state index contributed by atoms with van der Waals surface area (Å²) in [5.74, 6) is 0.00918. The van der Waals surface area contributed by atoms with Crippen LogP contribution in [0.15, 0.2) is 42.5 Å². The Kier molecular flexibility index (Phi) is 3.25. The molecule has 0 aliphatic carbocycles. The molecule has 0 amide bonds. The summed E-state index contributed by atoms with van der Waals surface area (Å²) in [6.07, 6.45) is 0.660. The van der Waals surface area contributed by atoms with E-state index in [9.17, 15) is 4.79 Å². The summed E-state index contributed by atoms with van der Waals surface area (Å²) >= 11 is 5.95. The average Bonchev–Trinajstić information content (AvgIpc) is 2.36. The Hall–Kier alpha value is -1.34. The third kappa shape index (κ3) is 2.10. The Morgan fingerprint density at radius 1 is 1.19 bits per heavy atom. The first-order valence-corrected chi connectivity index (χ1v) is 5.83. The Balaban J connectivity index is 2.43. The van der Waals surface area contributed by atoms with Crippen molar-refractivity contribution in [2.75, 3.05) is 0 Å². The summed E-state index contributed by atoms with van der Waals surface area (Å²) in [5, 5.41) is 1.80. The van der Waals surface area contributed by atoms with Gasteiger partial charge >= 0.3 is 0 Å². The van der Waals surface area contributed by atoms with Crippen molar-refractivity contribution >= 4 is 28.2 Å². The molecule has 16 heavy (non-hydrogen) atoms. The highest BCUT2D eigenvalue weighted by Gasteiger charge is 2.15. The molecule has 2 aromatic carbocycles. The van der Waals surface area contributed by atoms with E-state index in [4.69, 9.17) is 11.6 Å². The number of rotatable bonds is 3. The second-order valence-electron chi connectivity index (χ2n) is 3.80. The Bertz CT molecular complexity index is 519. The number of halogens is 1. The molecule has 0 bridgehead atoms. The van der Waals surface area contributed by atoms with Gasteiger partial charge in [0.15, 0.2) is 5.78 Å². The van der Waals surface area contributed by atoms with Crippen molar-refractivity contribution in [1.29, 1.82) is 0 Å². The summed E-state index contributed by atoms with van der Waals surface area (Å²) in [4.78, 5) is 11.9. The minimum Gasteiger partial charge on any atom is -0.293 e. The molecule has 1 nitrogen and oxygen atoms in total. The van der Waals surface area contributed by atoms with Gasteiger partial charge in [0, 0.05) is 5.56 Å². The first kappa shape index (κ1) is 11.2. The Morgan fingerprint density at radius 2 is 1.88 bits per heavy atom. The lowest BCUT2D eigenvalue weighted by Crippen LogP contribution is -2.13. The molecule has 0 fully saturated rings. The topological polar surface area (TPSA) is 17.1 Å². The van der Waals surface area contributed by atoms with Gasteiger partial charge in [-0.2, -0.15) is 0 Å². The smallest absolute Gasteiger partial charge is 0.180 e. The minimum absolute atomic E-state index is 0.00918. The molecule has 2 heteroatoms. The lowest BCUT2D eigenvalue weighted by Gasteiger charge is -2.06. The summed E-state index contributed by atoms with van der Waals surface area (Å²) in [7, 11) is 0. The fourth-order valence-electron chi connectivity index (χ4n) is 1.71. The van der Waals surface area contributed by atoms with E-state index in [1.54, 1.807) is 0 Å². The van der Waals surface area contributed by atoms with E-state index in [-0.39, 0.29) is 5.78 Å². The number of fused-ring (bicyclic) bond motifs is 1. The molecule has 82 valence electrons. The van der Waals surface area contributed by atoms with Gasteiger partial charge in [-0.15, -0.1) is 11.6 Å². The second kappa shape index (κ2) is 4.67. The summed E-state index contributed by atoms with van der Waals surface area (Å²) in [6, 6.07) is 13.7. The predicted molar refractivity (Wildman–Crippen MR) is 68.2 cm³/mol. The molecule has 0 saturated carbocycles. The van der Waals surface area contributed by atoms with Crippen LogP contribution in [-0.2, 0) is 0 Å². The van der Waals surface area contributed by atoms with E-state index in [2.05, 4.69) is 0 Å². The molecule has 0 radical (unpaired) electrons. The summed E-state index contributed by atoms with van der Waals surface area (Å²) in [5.41, 5.74) is 0.695. The monoisotopic (exact) mass is 232 g/mol. The van der Waals surface area contributed by atoms with E-state index < -0.39 is 5.38 Å². The van der Waals surface area contributed by atoms with Crippen LogP contribution in [0.1, 0.15) is 23.7 Å². The maximum Gasteiger partial charge on any atom is 0.180 e. The van der Waals surface area contributed by atoms with Crippen molar-refractivity contribution in [3.05, 3.63) is 48.0 Å². The number of carbonyl (C=O) groups excluding carboxylic acids is 1. The first-order chi connectivity index (χ1) is 7.72. The van der Waals surface area contributed by atoms with Gasteiger partial charge in [-0.3, -0.25) is 4.79 Å². The highest BCUT2D eigenvalue weighted by Crippen LogP contribution is 2.18. The third-order valence-corrected chi connectivity index (χ3v) is 3.18. The second-order valence-corrected chi connectivity index (χ2v) is 4.33. The van der Waals surface area contributed by atoms with Gasteiger partial charge in [0.2, 0.25) is 0 Å². The molecule has 0 heterocycles. The van der Waals surface area contributed by atoms with E-state index in [1.165, 1.54) is 0 Å². The lowest BCUT2D eigenvalue weighted by atomic mass is 10.0. The molecule has 2 rings (SSSR count). The van der Waals surface area contributed by atoms with Crippen molar-refractivity contribution in [3.8, 4) is 0 Å². The van der Waals surface area contributed by atoms with Crippen LogP contribution < -0.4 is 0 Å². The summed E-state index contributed by atoms with van der Waals surface area (Å²) in [6.45, 7) is 1.91. The van der Waals surface area contributed by atoms with Gasteiger partial charge < -0.3 is 0 Å². The zero-order chi connectivity index (χ0) is 11.5. The fraction of sp³-hybridized carbons (Fsp3) is 0.214. The minimum atomic E-state index is -0.416. The number of benzene rings is 2. The number of hydrogen-bond donors (Lipinski definition) is 0. The van der Waals surface area contributed by atoms with Crippen LogP contribution in [0.25, 0.3) is 10.8 Å². The van der Waals surface area contributed by atoms with Crippen molar-refractivity contribution in [3.63, 3.8) is 0 Å². The van der Waals surface area contributed by atoms with Crippen LogP contribution in [0.3, 0.4) is 0 Å².